The van der Waals surface area contributed by atoms with Crippen molar-refractivity contribution in [1.29, 1.82) is 0 Å². The van der Waals surface area contributed by atoms with Crippen molar-refractivity contribution < 1.29 is 26.7 Å². The summed E-state index contributed by atoms with van der Waals surface area (Å²) in [4.78, 5) is 13.7. The second-order valence-electron chi connectivity index (χ2n) is 6.29. The molecule has 146 valence electrons. The van der Waals surface area contributed by atoms with Gasteiger partial charge in [-0.2, -0.15) is 13.2 Å². The zero-order chi connectivity index (χ0) is 20.2. The number of carbonyl (C=O) groups excluding carboxylic acids is 1. The van der Waals surface area contributed by atoms with Crippen LogP contribution in [0.3, 0.4) is 0 Å². The number of nitrogens with zero attached hydrogens (tertiary/aromatic N) is 1. The average Bonchev–Trinajstić information content (AvgIpc) is 2.56. The number of amides is 1. The van der Waals surface area contributed by atoms with Gasteiger partial charge in [-0.15, -0.1) is 0 Å². The van der Waals surface area contributed by atoms with E-state index in [1.54, 1.807) is 19.0 Å². The van der Waals surface area contributed by atoms with E-state index in [-0.39, 0.29) is 24.1 Å². The number of benzene rings is 2. The van der Waals surface area contributed by atoms with Crippen LogP contribution in [0.5, 0.6) is 0 Å². The van der Waals surface area contributed by atoms with Crippen LogP contribution >= 0.6 is 0 Å². The third-order valence-corrected chi connectivity index (χ3v) is 4.07. The number of hydrogen-bond acceptors (Lipinski definition) is 2. The van der Waals surface area contributed by atoms with Gasteiger partial charge in [0.25, 0.3) is 0 Å². The molecule has 0 saturated carbocycles. The molecule has 0 aliphatic rings. The Labute approximate surface area is 153 Å². The Morgan fingerprint density at radius 1 is 1.07 bits per heavy atom. The van der Waals surface area contributed by atoms with Crippen molar-refractivity contribution >= 4 is 5.91 Å². The standard InChI is InChI=1S/C19H19F5N2O/c1-26(2)16(18-14(20)7-4-8-15(18)21)11-25-17(27)10-12-5-3-6-13(9-12)19(22,23)24/h3-9,16H,10-11H2,1-2H3,(H,25,27). The van der Waals surface area contributed by atoms with Crippen molar-refractivity contribution in [3.8, 4) is 0 Å². The van der Waals surface area contributed by atoms with Gasteiger partial charge >= 0.3 is 6.18 Å². The molecule has 0 aliphatic heterocycles. The smallest absolute Gasteiger partial charge is 0.354 e. The van der Waals surface area contributed by atoms with Crippen molar-refractivity contribution in [2.75, 3.05) is 20.6 Å². The fourth-order valence-corrected chi connectivity index (χ4v) is 2.69. The normalized spacial score (nSPS) is 12.9. The fourth-order valence-electron chi connectivity index (χ4n) is 2.69. The van der Waals surface area contributed by atoms with Gasteiger partial charge in [0.05, 0.1) is 18.0 Å². The fraction of sp³-hybridized carbons (Fsp3) is 0.316. The minimum absolute atomic E-state index is 0.0946. The highest BCUT2D eigenvalue weighted by Crippen LogP contribution is 2.29. The van der Waals surface area contributed by atoms with Crippen molar-refractivity contribution in [3.63, 3.8) is 0 Å². The van der Waals surface area contributed by atoms with E-state index in [9.17, 15) is 26.7 Å². The van der Waals surface area contributed by atoms with E-state index < -0.39 is 35.3 Å². The molecule has 0 bridgehead atoms. The zero-order valence-electron chi connectivity index (χ0n) is 14.8. The molecule has 0 fully saturated rings. The number of nitrogens with one attached hydrogen (secondary N) is 1. The Hall–Kier alpha value is -2.48. The number of carbonyl (C=O) groups is 1. The lowest BCUT2D eigenvalue weighted by Gasteiger charge is -2.26. The average molecular weight is 386 g/mol. The van der Waals surface area contributed by atoms with Crippen molar-refractivity contribution in [2.24, 2.45) is 0 Å². The maximum atomic E-state index is 14.0. The monoisotopic (exact) mass is 386 g/mol. The van der Waals surface area contributed by atoms with Crippen LogP contribution in [0.4, 0.5) is 22.0 Å². The number of alkyl halides is 3. The molecule has 0 spiro atoms. The van der Waals surface area contributed by atoms with E-state index in [4.69, 9.17) is 0 Å². The summed E-state index contributed by atoms with van der Waals surface area (Å²) in [5, 5.41) is 2.53. The lowest BCUT2D eigenvalue weighted by Crippen LogP contribution is -2.36. The van der Waals surface area contributed by atoms with Crippen LogP contribution in [0, 0.1) is 11.6 Å². The summed E-state index contributed by atoms with van der Waals surface area (Å²) >= 11 is 0. The predicted octanol–water partition coefficient (Wildman–Crippen LogP) is 3.95. The third-order valence-electron chi connectivity index (χ3n) is 4.07. The molecule has 8 heteroatoms. The molecular weight excluding hydrogens is 367 g/mol. The quantitative estimate of drug-likeness (QED) is 0.763. The van der Waals surface area contributed by atoms with E-state index in [2.05, 4.69) is 5.32 Å². The largest absolute Gasteiger partial charge is 0.416 e. The first-order valence-electron chi connectivity index (χ1n) is 8.12. The van der Waals surface area contributed by atoms with Crippen LogP contribution in [0.1, 0.15) is 22.7 Å². The predicted molar refractivity (Wildman–Crippen MR) is 90.9 cm³/mol. The second-order valence-corrected chi connectivity index (χ2v) is 6.29. The minimum Gasteiger partial charge on any atom is -0.354 e. The highest BCUT2D eigenvalue weighted by atomic mass is 19.4. The molecule has 1 atom stereocenters. The van der Waals surface area contributed by atoms with E-state index in [0.717, 1.165) is 24.3 Å². The number of halogens is 5. The SMILES string of the molecule is CN(C)C(CNC(=O)Cc1cccc(C(F)(F)F)c1)c1c(F)cccc1F. The van der Waals surface area contributed by atoms with Crippen LogP contribution in [0.15, 0.2) is 42.5 Å². The zero-order valence-corrected chi connectivity index (χ0v) is 14.8. The number of hydrogen-bond donors (Lipinski definition) is 1. The molecule has 0 radical (unpaired) electrons. The van der Waals surface area contributed by atoms with Gasteiger partial charge in [-0.05, 0) is 37.9 Å². The van der Waals surface area contributed by atoms with Crippen LogP contribution in [0.2, 0.25) is 0 Å². The van der Waals surface area contributed by atoms with Gasteiger partial charge in [-0.1, -0.05) is 24.3 Å². The lowest BCUT2D eigenvalue weighted by atomic mass is 10.0. The first kappa shape index (κ1) is 20.8. The van der Waals surface area contributed by atoms with Crippen LogP contribution in [-0.4, -0.2) is 31.4 Å². The number of likely N-dealkylation sites (N-methyl/N-ethyl adjacent to an activating group) is 1. The summed E-state index contributed by atoms with van der Waals surface area (Å²) < 4.78 is 66.2. The van der Waals surface area contributed by atoms with Gasteiger partial charge < -0.3 is 10.2 Å². The van der Waals surface area contributed by atoms with Gasteiger partial charge in [-0.25, -0.2) is 8.78 Å². The minimum atomic E-state index is -4.50. The Kier molecular flexibility index (Phi) is 6.54. The lowest BCUT2D eigenvalue weighted by molar-refractivity contribution is -0.137. The molecule has 1 unspecified atom stereocenters. The Balaban J connectivity index is 2.07. The highest BCUT2D eigenvalue weighted by Gasteiger charge is 2.30. The first-order chi connectivity index (χ1) is 12.6. The summed E-state index contributed by atoms with van der Waals surface area (Å²) in [6, 6.07) is 7.18. The molecule has 1 N–H and O–H groups in total. The molecular formula is C19H19F5N2O. The molecule has 1 amide bonds. The topological polar surface area (TPSA) is 32.3 Å². The molecule has 2 aromatic rings. The van der Waals surface area contributed by atoms with Crippen molar-refractivity contribution in [3.05, 3.63) is 70.8 Å². The second kappa shape index (κ2) is 8.47. The first-order valence-corrected chi connectivity index (χ1v) is 8.12. The van der Waals surface area contributed by atoms with Gasteiger partial charge in [0.15, 0.2) is 0 Å². The number of rotatable bonds is 6. The molecule has 27 heavy (non-hydrogen) atoms. The van der Waals surface area contributed by atoms with Crippen LogP contribution < -0.4 is 5.32 Å². The highest BCUT2D eigenvalue weighted by molar-refractivity contribution is 5.78. The molecule has 0 heterocycles. The van der Waals surface area contributed by atoms with E-state index in [0.29, 0.717) is 0 Å². The van der Waals surface area contributed by atoms with Crippen LogP contribution in [0.25, 0.3) is 0 Å². The summed E-state index contributed by atoms with van der Waals surface area (Å²) in [6.07, 6.45) is -4.77. The van der Waals surface area contributed by atoms with Crippen LogP contribution in [-0.2, 0) is 17.4 Å². The molecule has 0 saturated heterocycles. The summed E-state index contributed by atoms with van der Waals surface area (Å²) in [6.45, 7) is -0.0946. The van der Waals surface area contributed by atoms with Crippen molar-refractivity contribution in [1.82, 2.24) is 10.2 Å². The van der Waals surface area contributed by atoms with Gasteiger partial charge in [0.2, 0.25) is 5.91 Å². The van der Waals surface area contributed by atoms with E-state index >= 15 is 0 Å². The molecule has 2 rings (SSSR count). The van der Waals surface area contributed by atoms with Crippen molar-refractivity contribution in [2.45, 2.75) is 18.6 Å². The Morgan fingerprint density at radius 2 is 1.67 bits per heavy atom. The third kappa shape index (κ3) is 5.50. The van der Waals surface area contributed by atoms with Gasteiger partial charge in [0, 0.05) is 12.1 Å². The molecule has 0 aliphatic carbocycles. The molecule has 0 aromatic heterocycles. The molecule has 2 aromatic carbocycles. The van der Waals surface area contributed by atoms with Gasteiger partial charge in [0.1, 0.15) is 11.6 Å². The Bertz CT molecular complexity index is 785. The maximum absolute atomic E-state index is 14.0. The van der Waals surface area contributed by atoms with Gasteiger partial charge in [-0.3, -0.25) is 4.79 Å². The Morgan fingerprint density at radius 3 is 2.22 bits per heavy atom. The van der Waals surface area contributed by atoms with E-state index in [1.807, 2.05) is 0 Å². The summed E-state index contributed by atoms with van der Waals surface area (Å²) in [5.41, 5.74) is -0.824. The van der Waals surface area contributed by atoms with E-state index in [1.165, 1.54) is 18.2 Å². The maximum Gasteiger partial charge on any atom is 0.416 e. The summed E-state index contributed by atoms with van der Waals surface area (Å²) in [5.74, 6) is -2.01. The molecule has 3 nitrogen and oxygen atoms in total. The summed E-state index contributed by atoms with van der Waals surface area (Å²) in [7, 11) is 3.21.